The SMILES string of the molecule is CCCCCCCCCC(O)(F)F. The zero-order valence-electron chi connectivity index (χ0n) is 8.36. The highest BCUT2D eigenvalue weighted by Gasteiger charge is 2.22. The lowest BCUT2D eigenvalue weighted by Gasteiger charge is -2.07. The van der Waals surface area contributed by atoms with Crippen LogP contribution in [0.4, 0.5) is 8.78 Å². The van der Waals surface area contributed by atoms with E-state index in [1.807, 2.05) is 0 Å². The first-order valence-corrected chi connectivity index (χ1v) is 5.16. The van der Waals surface area contributed by atoms with Crippen LogP contribution >= 0.6 is 0 Å². The Labute approximate surface area is 79.1 Å². The van der Waals surface area contributed by atoms with Gasteiger partial charge in [-0.25, -0.2) is 0 Å². The lowest BCUT2D eigenvalue weighted by atomic mass is 10.1. The fourth-order valence-electron chi connectivity index (χ4n) is 1.29. The number of halogens is 2. The Bertz CT molecular complexity index is 110. The molecule has 13 heavy (non-hydrogen) atoms. The highest BCUT2D eigenvalue weighted by Crippen LogP contribution is 2.18. The molecule has 0 saturated heterocycles. The van der Waals surface area contributed by atoms with Crippen molar-refractivity contribution in [3.8, 4) is 0 Å². The Morgan fingerprint density at radius 2 is 1.38 bits per heavy atom. The molecule has 0 amide bonds. The normalized spacial score (nSPS) is 12.0. The van der Waals surface area contributed by atoms with Crippen LogP contribution in [-0.2, 0) is 0 Å². The standard InChI is InChI=1S/C10H20F2O/c1-2-3-4-5-6-7-8-9-10(11,12)13/h13H,2-9H2,1H3. The molecular weight excluding hydrogens is 174 g/mol. The molecule has 0 unspecified atom stereocenters. The van der Waals surface area contributed by atoms with Crippen molar-refractivity contribution in [3.05, 3.63) is 0 Å². The maximum Gasteiger partial charge on any atom is 0.353 e. The fraction of sp³-hybridized carbons (Fsp3) is 1.00. The second-order valence-corrected chi connectivity index (χ2v) is 3.54. The zero-order chi connectivity index (χ0) is 10.2. The molecule has 1 N–H and O–H groups in total. The van der Waals surface area contributed by atoms with Gasteiger partial charge in [0.1, 0.15) is 0 Å². The van der Waals surface area contributed by atoms with Gasteiger partial charge in [-0.05, 0) is 6.42 Å². The van der Waals surface area contributed by atoms with Crippen LogP contribution in [0.3, 0.4) is 0 Å². The van der Waals surface area contributed by atoms with E-state index >= 15 is 0 Å². The molecule has 3 heteroatoms. The van der Waals surface area contributed by atoms with Crippen LogP contribution in [0.15, 0.2) is 0 Å². The van der Waals surface area contributed by atoms with Gasteiger partial charge in [-0.2, -0.15) is 8.78 Å². The van der Waals surface area contributed by atoms with Gasteiger partial charge in [0.2, 0.25) is 0 Å². The quantitative estimate of drug-likeness (QED) is 0.584. The average Bonchev–Trinajstić information content (AvgIpc) is 2.01. The highest BCUT2D eigenvalue weighted by molar-refractivity contribution is 4.51. The van der Waals surface area contributed by atoms with Crippen molar-refractivity contribution in [1.29, 1.82) is 0 Å². The van der Waals surface area contributed by atoms with Crippen LogP contribution < -0.4 is 0 Å². The molecule has 0 aliphatic carbocycles. The van der Waals surface area contributed by atoms with Gasteiger partial charge in [0.15, 0.2) is 0 Å². The first kappa shape index (κ1) is 12.8. The van der Waals surface area contributed by atoms with Crippen molar-refractivity contribution in [2.75, 3.05) is 0 Å². The second-order valence-electron chi connectivity index (χ2n) is 3.54. The minimum absolute atomic E-state index is 0.388. The molecule has 1 nitrogen and oxygen atoms in total. The van der Waals surface area contributed by atoms with Gasteiger partial charge >= 0.3 is 6.11 Å². The van der Waals surface area contributed by atoms with Crippen molar-refractivity contribution >= 4 is 0 Å². The number of aliphatic hydroxyl groups is 1. The van der Waals surface area contributed by atoms with Crippen LogP contribution in [-0.4, -0.2) is 11.2 Å². The molecule has 0 atom stereocenters. The third-order valence-electron chi connectivity index (χ3n) is 2.08. The summed E-state index contributed by atoms with van der Waals surface area (Å²) in [4.78, 5) is 0. The van der Waals surface area contributed by atoms with Crippen LogP contribution in [0, 0.1) is 0 Å². The van der Waals surface area contributed by atoms with Gasteiger partial charge in [-0.1, -0.05) is 45.4 Å². The number of unbranched alkanes of at least 4 members (excludes halogenated alkanes) is 6. The van der Waals surface area contributed by atoms with E-state index < -0.39 is 6.11 Å². The summed E-state index contributed by atoms with van der Waals surface area (Å²) >= 11 is 0. The van der Waals surface area contributed by atoms with Gasteiger partial charge in [0.05, 0.1) is 0 Å². The molecule has 80 valence electrons. The Hall–Kier alpha value is -0.180. The molecule has 0 aliphatic heterocycles. The van der Waals surface area contributed by atoms with Gasteiger partial charge in [-0.15, -0.1) is 0 Å². The van der Waals surface area contributed by atoms with Gasteiger partial charge in [0, 0.05) is 6.42 Å². The van der Waals surface area contributed by atoms with Crippen molar-refractivity contribution in [2.45, 2.75) is 64.4 Å². The zero-order valence-corrected chi connectivity index (χ0v) is 8.36. The molecule has 0 bridgehead atoms. The monoisotopic (exact) mass is 194 g/mol. The topological polar surface area (TPSA) is 20.2 Å². The molecule has 0 rings (SSSR count). The highest BCUT2D eigenvalue weighted by atomic mass is 19.3. The van der Waals surface area contributed by atoms with Crippen LogP contribution in [0.1, 0.15) is 58.3 Å². The van der Waals surface area contributed by atoms with Gasteiger partial charge in [0.25, 0.3) is 0 Å². The van der Waals surface area contributed by atoms with Crippen LogP contribution in [0.5, 0.6) is 0 Å². The molecule has 0 fully saturated rings. The van der Waals surface area contributed by atoms with E-state index in [4.69, 9.17) is 5.11 Å². The minimum Gasteiger partial charge on any atom is -0.336 e. The molecule has 0 aromatic carbocycles. The molecule has 0 spiro atoms. The second kappa shape index (κ2) is 7.25. The van der Waals surface area contributed by atoms with Crippen LogP contribution in [0.2, 0.25) is 0 Å². The average molecular weight is 194 g/mol. The fourth-order valence-corrected chi connectivity index (χ4v) is 1.29. The number of rotatable bonds is 8. The van der Waals surface area contributed by atoms with E-state index in [2.05, 4.69) is 6.92 Å². The lowest BCUT2D eigenvalue weighted by Crippen LogP contribution is -2.13. The van der Waals surface area contributed by atoms with E-state index in [-0.39, 0.29) is 6.42 Å². The Kier molecular flexibility index (Phi) is 7.14. The Morgan fingerprint density at radius 3 is 1.85 bits per heavy atom. The first-order valence-electron chi connectivity index (χ1n) is 5.16. The number of hydrogen-bond acceptors (Lipinski definition) is 1. The summed E-state index contributed by atoms with van der Waals surface area (Å²) in [7, 11) is 0. The number of hydrogen-bond donors (Lipinski definition) is 1. The van der Waals surface area contributed by atoms with E-state index in [9.17, 15) is 8.78 Å². The van der Waals surface area contributed by atoms with E-state index in [1.54, 1.807) is 0 Å². The molecule has 0 heterocycles. The van der Waals surface area contributed by atoms with Crippen molar-refractivity contribution in [1.82, 2.24) is 0 Å². The van der Waals surface area contributed by atoms with Crippen molar-refractivity contribution < 1.29 is 13.9 Å². The Morgan fingerprint density at radius 1 is 0.923 bits per heavy atom. The molecule has 0 aliphatic rings. The molecule has 0 radical (unpaired) electrons. The van der Waals surface area contributed by atoms with Crippen LogP contribution in [0.25, 0.3) is 0 Å². The summed E-state index contributed by atoms with van der Waals surface area (Å²) in [5, 5.41) is 8.13. The summed E-state index contributed by atoms with van der Waals surface area (Å²) in [5.41, 5.74) is 0. The lowest BCUT2D eigenvalue weighted by molar-refractivity contribution is -0.203. The Balaban J connectivity index is 3.00. The molecular formula is C10H20F2O. The predicted octanol–water partition coefficient (Wildman–Crippen LogP) is 3.71. The third kappa shape index (κ3) is 11.8. The van der Waals surface area contributed by atoms with E-state index in [0.29, 0.717) is 6.42 Å². The summed E-state index contributed by atoms with van der Waals surface area (Å²) in [6, 6.07) is 0. The maximum atomic E-state index is 11.9. The van der Waals surface area contributed by atoms with Gasteiger partial charge < -0.3 is 5.11 Å². The predicted molar refractivity (Wildman–Crippen MR) is 49.8 cm³/mol. The van der Waals surface area contributed by atoms with Crippen molar-refractivity contribution in [2.24, 2.45) is 0 Å². The molecule has 0 aromatic heterocycles. The summed E-state index contributed by atoms with van der Waals surface area (Å²) < 4.78 is 23.8. The third-order valence-corrected chi connectivity index (χ3v) is 2.08. The van der Waals surface area contributed by atoms with E-state index in [1.165, 1.54) is 19.3 Å². The first-order chi connectivity index (χ1) is 6.06. The summed E-state index contributed by atoms with van der Waals surface area (Å²) in [5.74, 6) is 0. The molecule has 0 aromatic rings. The summed E-state index contributed by atoms with van der Waals surface area (Å²) in [6.45, 7) is 2.15. The maximum absolute atomic E-state index is 11.9. The van der Waals surface area contributed by atoms with E-state index in [0.717, 1.165) is 19.3 Å². The largest absolute Gasteiger partial charge is 0.353 e. The van der Waals surface area contributed by atoms with Gasteiger partial charge in [-0.3, -0.25) is 0 Å². The minimum atomic E-state index is -3.45. The summed E-state index contributed by atoms with van der Waals surface area (Å²) in [6.07, 6.45) is 3.16. The smallest absolute Gasteiger partial charge is 0.336 e. The number of alkyl halides is 2. The van der Waals surface area contributed by atoms with Crippen molar-refractivity contribution in [3.63, 3.8) is 0 Å². The molecule has 0 saturated carbocycles.